The number of alkyl halides is 3. The lowest BCUT2D eigenvalue weighted by Gasteiger charge is -2.09. The van der Waals surface area contributed by atoms with Crippen molar-refractivity contribution in [2.75, 3.05) is 18.4 Å². The van der Waals surface area contributed by atoms with Crippen molar-refractivity contribution in [3.8, 4) is 0 Å². The molecule has 0 aliphatic heterocycles. The van der Waals surface area contributed by atoms with Gasteiger partial charge in [0.1, 0.15) is 5.82 Å². The van der Waals surface area contributed by atoms with Gasteiger partial charge in [-0.1, -0.05) is 29.8 Å². The lowest BCUT2D eigenvalue weighted by molar-refractivity contribution is -0.137. The SMILES string of the molecule is O=C(NCCNc1ccc(C(F)(F)F)cn1)C1CC1c1ccccc1Cl. The third-order valence-corrected chi connectivity index (χ3v) is 4.60. The van der Waals surface area contributed by atoms with E-state index in [0.717, 1.165) is 24.2 Å². The van der Waals surface area contributed by atoms with Crippen LogP contribution < -0.4 is 10.6 Å². The fraction of sp³-hybridized carbons (Fsp3) is 0.333. The highest BCUT2D eigenvalue weighted by molar-refractivity contribution is 6.31. The molecule has 1 aromatic carbocycles. The van der Waals surface area contributed by atoms with Crippen molar-refractivity contribution >= 4 is 23.3 Å². The van der Waals surface area contributed by atoms with Crippen LogP contribution in [0.4, 0.5) is 19.0 Å². The molecule has 0 saturated heterocycles. The van der Waals surface area contributed by atoms with Crippen LogP contribution in [0, 0.1) is 5.92 Å². The summed E-state index contributed by atoms with van der Waals surface area (Å²) in [5, 5.41) is 6.36. The van der Waals surface area contributed by atoms with E-state index in [1.807, 2.05) is 24.3 Å². The highest BCUT2D eigenvalue weighted by atomic mass is 35.5. The molecule has 2 unspecified atom stereocenters. The largest absolute Gasteiger partial charge is 0.417 e. The summed E-state index contributed by atoms with van der Waals surface area (Å²) in [5.74, 6) is 0.344. The number of amides is 1. The molecule has 4 nitrogen and oxygen atoms in total. The minimum atomic E-state index is -4.40. The Hall–Kier alpha value is -2.28. The van der Waals surface area contributed by atoms with E-state index in [-0.39, 0.29) is 17.7 Å². The number of rotatable bonds is 6. The van der Waals surface area contributed by atoms with Crippen molar-refractivity contribution in [1.82, 2.24) is 10.3 Å². The Morgan fingerprint density at radius 3 is 2.62 bits per heavy atom. The first-order chi connectivity index (χ1) is 12.4. The standard InChI is InChI=1S/C18H17ClF3N3O/c19-15-4-2-1-3-12(15)13-9-14(13)17(26)24-8-7-23-16-6-5-11(10-25-16)18(20,21)22/h1-6,10,13-14H,7-9H2,(H,23,25)(H,24,26). The highest BCUT2D eigenvalue weighted by Gasteiger charge is 2.44. The normalized spacial score (nSPS) is 19.1. The molecule has 8 heteroatoms. The summed E-state index contributed by atoms with van der Waals surface area (Å²) in [7, 11) is 0. The number of carbonyl (C=O) groups excluding carboxylic acids is 1. The Bertz CT molecular complexity index is 780. The summed E-state index contributed by atoms with van der Waals surface area (Å²) in [6.45, 7) is 0.723. The van der Waals surface area contributed by atoms with Crippen LogP contribution in [-0.4, -0.2) is 24.0 Å². The number of nitrogens with one attached hydrogen (secondary N) is 2. The second-order valence-corrected chi connectivity index (χ2v) is 6.53. The fourth-order valence-corrected chi connectivity index (χ4v) is 3.05. The van der Waals surface area contributed by atoms with E-state index < -0.39 is 11.7 Å². The van der Waals surface area contributed by atoms with Gasteiger partial charge in [0.05, 0.1) is 5.56 Å². The topological polar surface area (TPSA) is 54.0 Å². The number of hydrogen-bond donors (Lipinski definition) is 2. The summed E-state index contributed by atoms with van der Waals surface area (Å²) in [6.07, 6.45) is -2.86. The molecule has 26 heavy (non-hydrogen) atoms. The Balaban J connectivity index is 1.41. The molecular weight excluding hydrogens is 367 g/mol. The van der Waals surface area contributed by atoms with Crippen LogP contribution in [0.2, 0.25) is 5.02 Å². The van der Waals surface area contributed by atoms with E-state index in [1.165, 1.54) is 6.07 Å². The molecule has 1 heterocycles. The molecule has 2 N–H and O–H groups in total. The van der Waals surface area contributed by atoms with E-state index >= 15 is 0 Å². The lowest BCUT2D eigenvalue weighted by Crippen LogP contribution is -2.30. The summed E-state index contributed by atoms with van der Waals surface area (Å²) in [5.41, 5.74) is 0.192. The lowest BCUT2D eigenvalue weighted by atomic mass is 10.1. The number of aromatic nitrogens is 1. The zero-order valence-corrected chi connectivity index (χ0v) is 14.4. The highest BCUT2D eigenvalue weighted by Crippen LogP contribution is 2.49. The van der Waals surface area contributed by atoms with Gasteiger partial charge in [-0.3, -0.25) is 4.79 Å². The first kappa shape index (κ1) is 18.5. The molecule has 1 fully saturated rings. The van der Waals surface area contributed by atoms with Crippen LogP contribution in [0.3, 0.4) is 0 Å². The van der Waals surface area contributed by atoms with Crippen molar-refractivity contribution in [2.24, 2.45) is 5.92 Å². The van der Waals surface area contributed by atoms with Crippen molar-refractivity contribution in [1.29, 1.82) is 0 Å². The maximum Gasteiger partial charge on any atom is 0.417 e. The second kappa shape index (κ2) is 7.53. The van der Waals surface area contributed by atoms with Gasteiger partial charge in [-0.25, -0.2) is 4.98 Å². The molecule has 3 rings (SSSR count). The van der Waals surface area contributed by atoms with Gasteiger partial charge >= 0.3 is 6.18 Å². The molecule has 1 aliphatic carbocycles. The molecule has 1 aliphatic rings. The molecular formula is C18H17ClF3N3O. The molecule has 1 saturated carbocycles. The summed E-state index contributed by atoms with van der Waals surface area (Å²) in [6, 6.07) is 9.72. The average molecular weight is 384 g/mol. The van der Waals surface area contributed by atoms with E-state index in [4.69, 9.17) is 11.6 Å². The predicted octanol–water partition coefficient (Wildman–Crippen LogP) is 4.09. The maximum atomic E-state index is 12.5. The molecule has 1 amide bonds. The first-order valence-electron chi connectivity index (χ1n) is 8.15. The summed E-state index contributed by atoms with van der Waals surface area (Å²) in [4.78, 5) is 15.9. The number of anilines is 1. The van der Waals surface area contributed by atoms with Gasteiger partial charge < -0.3 is 10.6 Å². The summed E-state index contributed by atoms with van der Waals surface area (Å²) >= 11 is 6.14. The number of carbonyl (C=O) groups is 1. The molecule has 1 aromatic heterocycles. The maximum absolute atomic E-state index is 12.5. The fourth-order valence-electron chi connectivity index (χ4n) is 2.78. The monoisotopic (exact) mass is 383 g/mol. The third kappa shape index (κ3) is 4.46. The Morgan fingerprint density at radius 1 is 1.19 bits per heavy atom. The predicted molar refractivity (Wildman–Crippen MR) is 93.0 cm³/mol. The van der Waals surface area contributed by atoms with E-state index in [2.05, 4.69) is 15.6 Å². The van der Waals surface area contributed by atoms with Gasteiger partial charge in [-0.05, 0) is 36.1 Å². The van der Waals surface area contributed by atoms with Gasteiger partial charge in [0.25, 0.3) is 0 Å². The summed E-state index contributed by atoms with van der Waals surface area (Å²) < 4.78 is 37.4. The van der Waals surface area contributed by atoms with Crippen molar-refractivity contribution in [3.05, 3.63) is 58.7 Å². The number of nitrogens with zero attached hydrogens (tertiary/aromatic N) is 1. The average Bonchev–Trinajstić information content (AvgIpc) is 3.39. The minimum absolute atomic E-state index is 0.0444. The quantitative estimate of drug-likeness (QED) is 0.739. The van der Waals surface area contributed by atoms with Crippen LogP contribution in [0.1, 0.15) is 23.5 Å². The minimum Gasteiger partial charge on any atom is -0.368 e. The second-order valence-electron chi connectivity index (χ2n) is 6.12. The molecule has 0 bridgehead atoms. The zero-order valence-electron chi connectivity index (χ0n) is 13.7. The van der Waals surface area contributed by atoms with Crippen LogP contribution in [-0.2, 0) is 11.0 Å². The van der Waals surface area contributed by atoms with Gasteiger partial charge in [0.2, 0.25) is 5.91 Å². The Morgan fingerprint density at radius 2 is 1.96 bits per heavy atom. The van der Waals surface area contributed by atoms with Crippen molar-refractivity contribution in [3.63, 3.8) is 0 Å². The van der Waals surface area contributed by atoms with E-state index in [1.54, 1.807) is 0 Å². The molecule has 2 atom stereocenters. The van der Waals surface area contributed by atoms with Crippen LogP contribution in [0.25, 0.3) is 0 Å². The number of benzene rings is 1. The van der Waals surface area contributed by atoms with Crippen LogP contribution >= 0.6 is 11.6 Å². The van der Waals surface area contributed by atoms with Gasteiger partial charge in [-0.2, -0.15) is 13.2 Å². The first-order valence-corrected chi connectivity index (χ1v) is 8.53. The number of hydrogen-bond acceptors (Lipinski definition) is 3. The molecule has 138 valence electrons. The Kier molecular flexibility index (Phi) is 5.36. The number of halogens is 4. The smallest absolute Gasteiger partial charge is 0.368 e. The zero-order chi connectivity index (χ0) is 18.7. The van der Waals surface area contributed by atoms with Gasteiger partial charge in [0.15, 0.2) is 0 Å². The van der Waals surface area contributed by atoms with E-state index in [9.17, 15) is 18.0 Å². The van der Waals surface area contributed by atoms with Crippen molar-refractivity contribution in [2.45, 2.75) is 18.5 Å². The Labute approximate surface area is 153 Å². The van der Waals surface area contributed by atoms with Gasteiger partial charge in [0, 0.05) is 30.2 Å². The molecule has 2 aromatic rings. The molecule has 0 radical (unpaired) electrons. The van der Waals surface area contributed by atoms with Gasteiger partial charge in [-0.15, -0.1) is 0 Å². The van der Waals surface area contributed by atoms with Crippen LogP contribution in [0.15, 0.2) is 42.6 Å². The third-order valence-electron chi connectivity index (χ3n) is 4.25. The number of pyridine rings is 1. The molecule has 0 spiro atoms. The van der Waals surface area contributed by atoms with Crippen LogP contribution in [0.5, 0.6) is 0 Å². The van der Waals surface area contributed by atoms with Crippen molar-refractivity contribution < 1.29 is 18.0 Å². The van der Waals surface area contributed by atoms with E-state index in [0.29, 0.717) is 23.9 Å².